The van der Waals surface area contributed by atoms with Gasteiger partial charge in [-0.05, 0) is 18.0 Å². The second kappa shape index (κ2) is 6.71. The van der Waals surface area contributed by atoms with Crippen molar-refractivity contribution in [3.8, 4) is 0 Å². The minimum absolute atomic E-state index is 0.298. The van der Waals surface area contributed by atoms with E-state index in [0.717, 1.165) is 32.7 Å². The highest BCUT2D eigenvalue weighted by Gasteiger charge is 2.21. The van der Waals surface area contributed by atoms with Gasteiger partial charge in [-0.2, -0.15) is 0 Å². The van der Waals surface area contributed by atoms with E-state index in [2.05, 4.69) is 30.9 Å². The molecule has 0 unspecified atom stereocenters. The molecule has 1 amide bonds. The summed E-state index contributed by atoms with van der Waals surface area (Å²) in [6.45, 7) is 9.19. The predicted molar refractivity (Wildman–Crippen MR) is 78.2 cm³/mol. The molecule has 0 bridgehead atoms. The van der Waals surface area contributed by atoms with E-state index in [9.17, 15) is 4.79 Å². The smallest absolute Gasteiger partial charge is 0.223 e. The van der Waals surface area contributed by atoms with E-state index >= 15 is 0 Å². The molecule has 1 heterocycles. The number of amides is 1. The van der Waals surface area contributed by atoms with Gasteiger partial charge in [0.2, 0.25) is 5.91 Å². The summed E-state index contributed by atoms with van der Waals surface area (Å²) in [5.41, 5.74) is 1.25. The maximum absolute atomic E-state index is 12.3. The Labute approximate surface area is 116 Å². The third kappa shape index (κ3) is 3.80. The maximum atomic E-state index is 12.3. The molecule has 0 saturated carbocycles. The van der Waals surface area contributed by atoms with E-state index in [1.54, 1.807) is 0 Å². The van der Waals surface area contributed by atoms with Crippen LogP contribution in [-0.4, -0.2) is 48.4 Å². The van der Waals surface area contributed by atoms with Crippen LogP contribution in [0.5, 0.6) is 0 Å². The first-order valence-corrected chi connectivity index (χ1v) is 7.25. The van der Waals surface area contributed by atoms with Crippen LogP contribution in [0, 0.1) is 0 Å². The van der Waals surface area contributed by atoms with E-state index < -0.39 is 0 Å². The van der Waals surface area contributed by atoms with E-state index in [4.69, 9.17) is 0 Å². The number of nitrogens with zero attached hydrogens (tertiary/aromatic N) is 2. The first kappa shape index (κ1) is 14.1. The van der Waals surface area contributed by atoms with Gasteiger partial charge in [0.05, 0.1) is 0 Å². The number of carbonyl (C=O) groups is 1. The van der Waals surface area contributed by atoms with Crippen LogP contribution < -0.4 is 0 Å². The van der Waals surface area contributed by atoms with Gasteiger partial charge < -0.3 is 9.80 Å². The Balaban J connectivity index is 1.84. The highest BCUT2D eigenvalue weighted by atomic mass is 16.2. The summed E-state index contributed by atoms with van der Waals surface area (Å²) in [6.07, 6.45) is 0.621. The molecule has 2 rings (SSSR count). The SMILES string of the molecule is CCN1CCN(C(=O)C[C@H](C)c2ccccc2)CC1. The van der Waals surface area contributed by atoms with Crippen LogP contribution in [0.3, 0.4) is 0 Å². The lowest BCUT2D eigenvalue weighted by Crippen LogP contribution is -2.48. The maximum Gasteiger partial charge on any atom is 0.223 e. The van der Waals surface area contributed by atoms with Gasteiger partial charge in [0.1, 0.15) is 0 Å². The van der Waals surface area contributed by atoms with Gasteiger partial charge in [-0.1, -0.05) is 44.2 Å². The van der Waals surface area contributed by atoms with E-state index in [0.29, 0.717) is 18.2 Å². The van der Waals surface area contributed by atoms with Gasteiger partial charge in [0, 0.05) is 32.6 Å². The number of carbonyl (C=O) groups excluding carboxylic acids is 1. The Morgan fingerprint density at radius 1 is 1.16 bits per heavy atom. The van der Waals surface area contributed by atoms with Crippen molar-refractivity contribution in [2.45, 2.75) is 26.2 Å². The number of rotatable bonds is 4. The third-order valence-corrected chi connectivity index (χ3v) is 4.02. The molecule has 0 spiro atoms. The van der Waals surface area contributed by atoms with Gasteiger partial charge in [-0.25, -0.2) is 0 Å². The van der Waals surface area contributed by atoms with Gasteiger partial charge in [0.15, 0.2) is 0 Å². The van der Waals surface area contributed by atoms with Gasteiger partial charge in [-0.3, -0.25) is 4.79 Å². The third-order valence-electron chi connectivity index (χ3n) is 4.02. The number of benzene rings is 1. The van der Waals surface area contributed by atoms with Crippen LogP contribution >= 0.6 is 0 Å². The Bertz CT molecular complexity index is 396. The number of hydrogen-bond acceptors (Lipinski definition) is 2. The summed E-state index contributed by atoms with van der Waals surface area (Å²) in [4.78, 5) is 16.7. The average Bonchev–Trinajstić information content (AvgIpc) is 2.48. The standard InChI is InChI=1S/C16H24N2O/c1-3-17-9-11-18(12-10-17)16(19)13-14(2)15-7-5-4-6-8-15/h4-8,14H,3,9-13H2,1-2H3/t14-/m0/s1. The monoisotopic (exact) mass is 260 g/mol. The number of hydrogen-bond donors (Lipinski definition) is 0. The van der Waals surface area contributed by atoms with Crippen LogP contribution in [0.2, 0.25) is 0 Å². The molecular weight excluding hydrogens is 236 g/mol. The minimum atomic E-state index is 0.298. The van der Waals surface area contributed by atoms with Gasteiger partial charge in [0.25, 0.3) is 0 Å². The molecule has 1 aliphatic rings. The molecular formula is C16H24N2O. The molecule has 3 nitrogen and oxygen atoms in total. The summed E-state index contributed by atoms with van der Waals surface area (Å²) < 4.78 is 0. The van der Waals surface area contributed by atoms with Crippen molar-refractivity contribution in [3.05, 3.63) is 35.9 Å². The zero-order valence-electron chi connectivity index (χ0n) is 12.0. The molecule has 0 aromatic heterocycles. The van der Waals surface area contributed by atoms with Crippen LogP contribution in [-0.2, 0) is 4.79 Å². The fraction of sp³-hybridized carbons (Fsp3) is 0.562. The molecule has 1 aromatic carbocycles. The topological polar surface area (TPSA) is 23.6 Å². The zero-order chi connectivity index (χ0) is 13.7. The summed E-state index contributed by atoms with van der Waals surface area (Å²) in [7, 11) is 0. The lowest BCUT2D eigenvalue weighted by atomic mass is 9.97. The zero-order valence-corrected chi connectivity index (χ0v) is 12.0. The van der Waals surface area contributed by atoms with Crippen molar-refractivity contribution >= 4 is 5.91 Å². The summed E-state index contributed by atoms with van der Waals surface area (Å²) in [5.74, 6) is 0.602. The molecule has 0 N–H and O–H groups in total. The first-order chi connectivity index (χ1) is 9.20. The molecule has 3 heteroatoms. The molecule has 104 valence electrons. The van der Waals surface area contributed by atoms with Crippen LogP contribution in [0.15, 0.2) is 30.3 Å². The van der Waals surface area contributed by atoms with Crippen molar-refractivity contribution in [2.75, 3.05) is 32.7 Å². The largest absolute Gasteiger partial charge is 0.340 e. The Morgan fingerprint density at radius 3 is 2.37 bits per heavy atom. The predicted octanol–water partition coefficient (Wildman–Crippen LogP) is 2.34. The van der Waals surface area contributed by atoms with Crippen molar-refractivity contribution in [1.29, 1.82) is 0 Å². The molecule has 0 aliphatic carbocycles. The Hall–Kier alpha value is -1.35. The average molecular weight is 260 g/mol. The minimum Gasteiger partial charge on any atom is -0.340 e. The lowest BCUT2D eigenvalue weighted by Gasteiger charge is -2.34. The second-order valence-electron chi connectivity index (χ2n) is 5.33. The van der Waals surface area contributed by atoms with Crippen LogP contribution in [0.4, 0.5) is 0 Å². The molecule has 19 heavy (non-hydrogen) atoms. The quantitative estimate of drug-likeness (QED) is 0.829. The lowest BCUT2D eigenvalue weighted by molar-refractivity contribution is -0.133. The van der Waals surface area contributed by atoms with Gasteiger partial charge in [-0.15, -0.1) is 0 Å². The van der Waals surface area contributed by atoms with Crippen molar-refractivity contribution in [1.82, 2.24) is 9.80 Å². The van der Waals surface area contributed by atoms with E-state index in [1.807, 2.05) is 23.1 Å². The van der Waals surface area contributed by atoms with Gasteiger partial charge >= 0.3 is 0 Å². The number of piperazine rings is 1. The van der Waals surface area contributed by atoms with Crippen LogP contribution in [0.1, 0.15) is 31.7 Å². The summed E-state index contributed by atoms with van der Waals surface area (Å²) >= 11 is 0. The first-order valence-electron chi connectivity index (χ1n) is 7.25. The van der Waals surface area contributed by atoms with E-state index in [1.165, 1.54) is 5.56 Å². The van der Waals surface area contributed by atoms with Crippen molar-refractivity contribution in [2.24, 2.45) is 0 Å². The van der Waals surface area contributed by atoms with E-state index in [-0.39, 0.29) is 0 Å². The fourth-order valence-corrected chi connectivity index (χ4v) is 2.60. The van der Waals surface area contributed by atoms with Crippen molar-refractivity contribution in [3.63, 3.8) is 0 Å². The fourth-order valence-electron chi connectivity index (χ4n) is 2.60. The highest BCUT2D eigenvalue weighted by Crippen LogP contribution is 2.20. The highest BCUT2D eigenvalue weighted by molar-refractivity contribution is 5.77. The second-order valence-corrected chi connectivity index (χ2v) is 5.33. The van der Waals surface area contributed by atoms with Crippen molar-refractivity contribution < 1.29 is 4.79 Å². The molecule has 1 aromatic rings. The normalized spacial score (nSPS) is 18.3. The molecule has 1 aliphatic heterocycles. The summed E-state index contributed by atoms with van der Waals surface area (Å²) in [5, 5.41) is 0. The molecule has 1 fully saturated rings. The molecule has 1 saturated heterocycles. The summed E-state index contributed by atoms with van der Waals surface area (Å²) in [6, 6.07) is 10.3. The van der Waals surface area contributed by atoms with Crippen LogP contribution in [0.25, 0.3) is 0 Å². The molecule has 0 radical (unpaired) electrons. The number of likely N-dealkylation sites (N-methyl/N-ethyl adjacent to an activating group) is 1. The Kier molecular flexibility index (Phi) is 4.97. The molecule has 1 atom stereocenters. The Morgan fingerprint density at radius 2 is 1.79 bits per heavy atom.